The van der Waals surface area contributed by atoms with Crippen LogP contribution in [-0.4, -0.2) is 30.0 Å². The molecule has 88 valence electrons. The Bertz CT molecular complexity index is 389. The number of nitrogens with two attached hydrogens (primary N) is 2. The van der Waals surface area contributed by atoms with E-state index in [1.54, 1.807) is 18.3 Å². The first-order valence-corrected chi connectivity index (χ1v) is 5.09. The second-order valence-electron chi connectivity index (χ2n) is 4.31. The molecule has 0 saturated heterocycles. The first-order valence-electron chi connectivity index (χ1n) is 5.09. The van der Waals surface area contributed by atoms with Crippen LogP contribution < -0.4 is 16.4 Å². The molecule has 0 spiro atoms. The van der Waals surface area contributed by atoms with Crippen molar-refractivity contribution in [3.05, 3.63) is 23.9 Å². The number of carbonyl (C=O) groups excluding carboxylic acids is 1. The molecule has 4 N–H and O–H groups in total. The molecule has 0 saturated carbocycles. The number of nitrogens with zero attached hydrogens (tertiary/aromatic N) is 2. The minimum atomic E-state index is -0.484. The van der Waals surface area contributed by atoms with Crippen molar-refractivity contribution in [1.82, 2.24) is 4.98 Å². The van der Waals surface area contributed by atoms with Gasteiger partial charge in [-0.1, -0.05) is 0 Å². The number of amides is 1. The summed E-state index contributed by atoms with van der Waals surface area (Å²) >= 11 is 0. The molecule has 1 amide bonds. The molecule has 5 heteroatoms. The van der Waals surface area contributed by atoms with Gasteiger partial charge in [-0.2, -0.15) is 0 Å². The molecule has 1 rings (SSSR count). The van der Waals surface area contributed by atoms with Crippen molar-refractivity contribution in [1.29, 1.82) is 0 Å². The number of likely N-dealkylation sites (N-methyl/N-ethyl adjacent to an activating group) is 1. The van der Waals surface area contributed by atoms with E-state index in [2.05, 4.69) is 4.98 Å². The lowest BCUT2D eigenvalue weighted by Gasteiger charge is -2.36. The van der Waals surface area contributed by atoms with E-state index < -0.39 is 5.91 Å². The fraction of sp³-hybridized carbons (Fsp3) is 0.455. The zero-order valence-electron chi connectivity index (χ0n) is 9.90. The second kappa shape index (κ2) is 4.49. The zero-order chi connectivity index (χ0) is 12.3. The predicted molar refractivity (Wildman–Crippen MR) is 64.3 cm³/mol. The molecule has 1 aromatic rings. The number of anilines is 1. The molecule has 0 bridgehead atoms. The quantitative estimate of drug-likeness (QED) is 0.770. The van der Waals surface area contributed by atoms with Gasteiger partial charge in [0.25, 0.3) is 5.91 Å². The summed E-state index contributed by atoms with van der Waals surface area (Å²) in [4.78, 5) is 17.3. The lowest BCUT2D eigenvalue weighted by atomic mass is 10.0. The zero-order valence-corrected chi connectivity index (χ0v) is 9.90. The molecule has 5 nitrogen and oxygen atoms in total. The average Bonchev–Trinajstić information content (AvgIpc) is 2.28. The van der Waals surface area contributed by atoms with E-state index in [1.165, 1.54) is 0 Å². The minimum Gasteiger partial charge on any atom is -0.365 e. The molecule has 1 aromatic heterocycles. The monoisotopic (exact) mass is 222 g/mol. The first kappa shape index (κ1) is 12.4. The highest BCUT2D eigenvalue weighted by atomic mass is 16.1. The first-order chi connectivity index (χ1) is 7.40. The van der Waals surface area contributed by atoms with Crippen molar-refractivity contribution in [2.24, 2.45) is 11.5 Å². The Kier molecular flexibility index (Phi) is 3.49. The Morgan fingerprint density at radius 3 is 2.69 bits per heavy atom. The standard InChI is InChI=1S/C11H18N4O/c1-11(2,7-12)15(3)10-8(9(13)16)5-4-6-14-10/h4-6H,7,12H2,1-3H3,(H2,13,16). The van der Waals surface area contributed by atoms with Gasteiger partial charge in [0.2, 0.25) is 0 Å². The van der Waals surface area contributed by atoms with Gasteiger partial charge in [0.15, 0.2) is 0 Å². The van der Waals surface area contributed by atoms with Gasteiger partial charge < -0.3 is 16.4 Å². The smallest absolute Gasteiger partial charge is 0.252 e. The molecular formula is C11H18N4O. The summed E-state index contributed by atoms with van der Waals surface area (Å²) in [5.74, 6) is 0.0771. The number of hydrogen-bond acceptors (Lipinski definition) is 4. The summed E-state index contributed by atoms with van der Waals surface area (Å²) in [6, 6.07) is 3.35. The van der Waals surface area contributed by atoms with Crippen molar-refractivity contribution in [3.8, 4) is 0 Å². The van der Waals surface area contributed by atoms with E-state index in [0.717, 1.165) is 0 Å². The van der Waals surface area contributed by atoms with Crippen LogP contribution in [0.4, 0.5) is 5.82 Å². The van der Waals surface area contributed by atoms with Gasteiger partial charge in [-0.3, -0.25) is 4.79 Å². The van der Waals surface area contributed by atoms with Crippen LogP contribution in [0.5, 0.6) is 0 Å². The Morgan fingerprint density at radius 1 is 1.56 bits per heavy atom. The Hall–Kier alpha value is -1.62. The SMILES string of the molecule is CN(c1ncccc1C(N)=O)C(C)(C)CN. The van der Waals surface area contributed by atoms with Crippen LogP contribution in [0.1, 0.15) is 24.2 Å². The van der Waals surface area contributed by atoms with Gasteiger partial charge in [0.1, 0.15) is 5.82 Å². The summed E-state index contributed by atoms with van der Waals surface area (Å²) in [7, 11) is 1.85. The number of hydrogen-bond donors (Lipinski definition) is 2. The predicted octanol–water partition coefficient (Wildman–Crippen LogP) is 0.354. The molecule has 0 unspecified atom stereocenters. The largest absolute Gasteiger partial charge is 0.365 e. The Balaban J connectivity index is 3.18. The van der Waals surface area contributed by atoms with E-state index in [9.17, 15) is 4.79 Å². The summed E-state index contributed by atoms with van der Waals surface area (Å²) in [5.41, 5.74) is 11.1. The molecule has 0 aromatic carbocycles. The molecule has 1 heterocycles. The van der Waals surface area contributed by atoms with Crippen LogP contribution in [0.15, 0.2) is 18.3 Å². The minimum absolute atomic E-state index is 0.279. The summed E-state index contributed by atoms with van der Waals surface area (Å²) in [6.45, 7) is 4.41. The highest BCUT2D eigenvalue weighted by Crippen LogP contribution is 2.22. The maximum atomic E-state index is 11.3. The lowest BCUT2D eigenvalue weighted by molar-refractivity contribution is 0.100. The molecule has 0 radical (unpaired) electrons. The molecule has 0 aliphatic heterocycles. The number of carbonyl (C=O) groups is 1. The highest BCUT2D eigenvalue weighted by Gasteiger charge is 2.25. The van der Waals surface area contributed by atoms with Gasteiger partial charge in [-0.25, -0.2) is 4.98 Å². The molecular weight excluding hydrogens is 204 g/mol. The van der Waals surface area contributed by atoms with Gasteiger partial charge in [0.05, 0.1) is 5.56 Å². The molecule has 0 aliphatic rings. The second-order valence-corrected chi connectivity index (χ2v) is 4.31. The number of primary amides is 1. The van der Waals surface area contributed by atoms with Crippen LogP contribution in [-0.2, 0) is 0 Å². The average molecular weight is 222 g/mol. The van der Waals surface area contributed by atoms with Crippen LogP contribution >= 0.6 is 0 Å². The van der Waals surface area contributed by atoms with E-state index in [1.807, 2.05) is 25.8 Å². The van der Waals surface area contributed by atoms with E-state index >= 15 is 0 Å². The Morgan fingerprint density at radius 2 is 2.19 bits per heavy atom. The van der Waals surface area contributed by atoms with Gasteiger partial charge in [-0.05, 0) is 26.0 Å². The van der Waals surface area contributed by atoms with E-state index in [0.29, 0.717) is 17.9 Å². The molecule has 0 fully saturated rings. The van der Waals surface area contributed by atoms with Gasteiger partial charge >= 0.3 is 0 Å². The summed E-state index contributed by atoms with van der Waals surface area (Å²) in [5, 5.41) is 0. The van der Waals surface area contributed by atoms with Crippen molar-refractivity contribution in [2.45, 2.75) is 19.4 Å². The molecule has 16 heavy (non-hydrogen) atoms. The molecule has 0 atom stereocenters. The van der Waals surface area contributed by atoms with Crippen LogP contribution in [0.25, 0.3) is 0 Å². The third kappa shape index (κ3) is 2.30. The van der Waals surface area contributed by atoms with Gasteiger partial charge in [-0.15, -0.1) is 0 Å². The third-order valence-electron chi connectivity index (χ3n) is 2.78. The van der Waals surface area contributed by atoms with Crippen LogP contribution in [0.3, 0.4) is 0 Å². The van der Waals surface area contributed by atoms with Crippen LogP contribution in [0, 0.1) is 0 Å². The summed E-state index contributed by atoms with van der Waals surface area (Å²) in [6.07, 6.45) is 1.63. The third-order valence-corrected chi connectivity index (χ3v) is 2.78. The van der Waals surface area contributed by atoms with Crippen molar-refractivity contribution in [3.63, 3.8) is 0 Å². The maximum Gasteiger partial charge on any atom is 0.252 e. The van der Waals surface area contributed by atoms with Crippen molar-refractivity contribution in [2.75, 3.05) is 18.5 Å². The number of aromatic nitrogens is 1. The van der Waals surface area contributed by atoms with E-state index in [4.69, 9.17) is 11.5 Å². The number of pyridine rings is 1. The topological polar surface area (TPSA) is 85.2 Å². The van der Waals surface area contributed by atoms with Gasteiger partial charge in [0, 0.05) is 25.3 Å². The van der Waals surface area contributed by atoms with Crippen molar-refractivity contribution < 1.29 is 4.79 Å². The fourth-order valence-electron chi connectivity index (χ4n) is 1.28. The summed E-state index contributed by atoms with van der Waals surface area (Å²) < 4.78 is 0. The van der Waals surface area contributed by atoms with E-state index in [-0.39, 0.29) is 5.54 Å². The molecule has 0 aliphatic carbocycles. The normalized spacial score (nSPS) is 11.2. The fourth-order valence-corrected chi connectivity index (χ4v) is 1.28. The lowest BCUT2D eigenvalue weighted by Crippen LogP contribution is -2.48. The van der Waals surface area contributed by atoms with Crippen LogP contribution in [0.2, 0.25) is 0 Å². The Labute approximate surface area is 95.4 Å². The number of rotatable bonds is 4. The maximum absolute atomic E-state index is 11.3. The van der Waals surface area contributed by atoms with Crippen molar-refractivity contribution >= 4 is 11.7 Å². The highest BCUT2D eigenvalue weighted by molar-refractivity contribution is 5.97.